The van der Waals surface area contributed by atoms with E-state index in [4.69, 9.17) is 0 Å². The van der Waals surface area contributed by atoms with Gasteiger partial charge in [-0.2, -0.15) is 46.0 Å². The second-order valence-corrected chi connectivity index (χ2v) is 12.3. The predicted octanol–water partition coefficient (Wildman–Crippen LogP) is -1.10. The average molecular weight is 644 g/mol. The molecule has 0 aliphatic carbocycles. The van der Waals surface area contributed by atoms with Crippen molar-refractivity contribution < 1.29 is 50.7 Å². The Bertz CT molecular complexity index is 494. The van der Waals surface area contributed by atoms with Crippen molar-refractivity contribution >= 4 is 30.0 Å². The number of hydrogen-bond acceptors (Lipinski definition) is 0. The Morgan fingerprint density at radius 2 is 1.18 bits per heavy atom. The van der Waals surface area contributed by atoms with E-state index in [1.807, 2.05) is 0 Å². The first-order valence-corrected chi connectivity index (χ1v) is 10.8. The number of aryl methyl sites for hydroxylation is 2. The fourth-order valence-corrected chi connectivity index (χ4v) is 3.74. The standard InChI is InChI=1S/C9H15Si.C9H13.4CH3.2ClH.Hf.2H3Si/c1-10(2,3)8-9-6-4-5-7-9;1-6-5-7(2)9(4)8(6)3;;;;;;;;;/h4-7H,8H2,1-3H3;5H,1-4H3;4*1H3;2*1H;;2*1H3/q6*-1;;;;;/p-2. The van der Waals surface area contributed by atoms with Gasteiger partial charge < -0.3 is 54.5 Å². The Labute approximate surface area is 220 Å². The van der Waals surface area contributed by atoms with E-state index in [-0.39, 0.29) is 102 Å². The zero-order valence-electron chi connectivity index (χ0n) is 20.8. The van der Waals surface area contributed by atoms with Crippen LogP contribution < -0.4 is 24.8 Å². The van der Waals surface area contributed by atoms with Gasteiger partial charge in [0.1, 0.15) is 0 Å². The molecule has 0 saturated heterocycles. The summed E-state index contributed by atoms with van der Waals surface area (Å²) in [5.41, 5.74) is 7.26. The largest absolute Gasteiger partial charge is 1.00 e. The molecular weight excluding hydrogens is 598 g/mol. The van der Waals surface area contributed by atoms with Crippen LogP contribution in [0.5, 0.6) is 0 Å². The third-order valence-corrected chi connectivity index (χ3v) is 5.11. The molecule has 172 valence electrons. The third-order valence-electron chi connectivity index (χ3n) is 3.64. The normalized spacial score (nSPS) is 7.54. The zero-order chi connectivity index (χ0) is 14.6. The summed E-state index contributed by atoms with van der Waals surface area (Å²) in [5.74, 6) is 0. The van der Waals surface area contributed by atoms with E-state index in [1.165, 1.54) is 33.9 Å². The molecule has 0 nitrogen and oxygen atoms in total. The summed E-state index contributed by atoms with van der Waals surface area (Å²) in [7, 11) is -0.862. The second kappa shape index (κ2) is 25.8. The van der Waals surface area contributed by atoms with Crippen molar-refractivity contribution in [2.24, 2.45) is 0 Å². The molecule has 2 aromatic carbocycles. The van der Waals surface area contributed by atoms with E-state index < -0.39 is 8.07 Å². The van der Waals surface area contributed by atoms with Gasteiger partial charge in [-0.05, 0) is 21.9 Å². The minimum Gasteiger partial charge on any atom is -1.00 e. The summed E-state index contributed by atoms with van der Waals surface area (Å²) in [5, 5.41) is 0. The number of hydrogen-bond donors (Lipinski definition) is 0. The van der Waals surface area contributed by atoms with Gasteiger partial charge in [0.25, 0.3) is 0 Å². The second-order valence-electron chi connectivity index (χ2n) is 6.79. The molecule has 0 atom stereocenters. The molecule has 0 N–H and O–H groups in total. The number of halogens is 2. The molecule has 0 aromatic heterocycles. The summed E-state index contributed by atoms with van der Waals surface area (Å²) in [6.45, 7) is 15.9. The molecule has 2 radical (unpaired) electrons. The van der Waals surface area contributed by atoms with Gasteiger partial charge in [-0.25, -0.2) is 12.1 Å². The maximum Gasteiger partial charge on any atom is 0.0371 e. The van der Waals surface area contributed by atoms with E-state index in [0.717, 1.165) is 0 Å². The van der Waals surface area contributed by atoms with Crippen molar-refractivity contribution in [3.63, 3.8) is 0 Å². The van der Waals surface area contributed by atoms with E-state index >= 15 is 0 Å². The fraction of sp³-hybridized carbons (Fsp3) is 0.364. The van der Waals surface area contributed by atoms with Crippen LogP contribution in [-0.2, 0) is 31.9 Å². The Hall–Kier alpha value is 0.801. The summed E-state index contributed by atoms with van der Waals surface area (Å²) in [4.78, 5) is 0. The van der Waals surface area contributed by atoms with Gasteiger partial charge in [0, 0.05) is 33.9 Å². The van der Waals surface area contributed by atoms with E-state index in [1.54, 1.807) is 0 Å². The third kappa shape index (κ3) is 21.5. The van der Waals surface area contributed by atoms with Gasteiger partial charge in [-0.3, -0.25) is 0 Å². The molecule has 0 heterocycles. The molecule has 2 rings (SSSR count). The predicted molar refractivity (Wildman–Crippen MR) is 136 cm³/mol. The first-order valence-electron chi connectivity index (χ1n) is 7.11. The van der Waals surface area contributed by atoms with E-state index in [2.05, 4.69) is 77.7 Å². The molecular formula is C22H46Cl2HfSi3-8. The van der Waals surface area contributed by atoms with Crippen LogP contribution in [0, 0.1) is 57.4 Å². The molecule has 0 spiro atoms. The molecule has 0 bridgehead atoms. The summed E-state index contributed by atoms with van der Waals surface area (Å²) in [6, 6.07) is 12.2. The molecule has 0 saturated carbocycles. The quantitative estimate of drug-likeness (QED) is 0.288. The molecule has 0 unspecified atom stereocenters. The van der Waals surface area contributed by atoms with E-state index in [9.17, 15) is 0 Å². The smallest absolute Gasteiger partial charge is 0.0371 e. The summed E-state index contributed by atoms with van der Waals surface area (Å²) in [6.07, 6.45) is 0. The minimum absolute atomic E-state index is 0. The molecule has 0 aliphatic heterocycles. The van der Waals surface area contributed by atoms with Gasteiger partial charge in [0.2, 0.25) is 0 Å². The van der Waals surface area contributed by atoms with Crippen molar-refractivity contribution in [3.05, 3.63) is 87.9 Å². The van der Waals surface area contributed by atoms with Gasteiger partial charge in [-0.1, -0.05) is 53.4 Å². The zero-order valence-corrected chi connectivity index (χ0v) is 31.0. The van der Waals surface area contributed by atoms with Crippen molar-refractivity contribution in [2.75, 3.05) is 0 Å². The van der Waals surface area contributed by atoms with Gasteiger partial charge >= 0.3 is 0 Å². The van der Waals surface area contributed by atoms with Crippen molar-refractivity contribution in [3.8, 4) is 0 Å². The van der Waals surface area contributed by atoms with Crippen molar-refractivity contribution in [2.45, 2.75) is 53.4 Å². The summed E-state index contributed by atoms with van der Waals surface area (Å²) < 4.78 is 0. The van der Waals surface area contributed by atoms with Gasteiger partial charge in [0.15, 0.2) is 0 Å². The Kier molecular flexibility index (Phi) is 52.4. The van der Waals surface area contributed by atoms with E-state index in [0.29, 0.717) is 0 Å². The maximum atomic E-state index is 2.40. The van der Waals surface area contributed by atoms with Crippen LogP contribution in [0.2, 0.25) is 19.6 Å². The topological polar surface area (TPSA) is 0 Å². The molecule has 0 aliphatic rings. The molecule has 6 heteroatoms. The van der Waals surface area contributed by atoms with Gasteiger partial charge in [-0.15, -0.1) is 0 Å². The van der Waals surface area contributed by atoms with Crippen LogP contribution in [0.3, 0.4) is 0 Å². The number of rotatable bonds is 2. The Balaban J connectivity index is -0.0000000279. The van der Waals surface area contributed by atoms with Gasteiger partial charge in [0.05, 0.1) is 0 Å². The van der Waals surface area contributed by atoms with Crippen molar-refractivity contribution in [1.82, 2.24) is 0 Å². The van der Waals surface area contributed by atoms with Crippen LogP contribution >= 0.6 is 0 Å². The fourth-order valence-electron chi connectivity index (χ4n) is 2.28. The molecule has 0 fully saturated rings. The van der Waals surface area contributed by atoms with Crippen LogP contribution in [0.15, 0.2) is 30.3 Å². The molecule has 0 amide bonds. The van der Waals surface area contributed by atoms with Crippen LogP contribution in [-0.4, -0.2) is 30.0 Å². The first kappa shape index (κ1) is 56.8. The molecule has 2 aromatic rings. The molecule has 28 heavy (non-hydrogen) atoms. The summed E-state index contributed by atoms with van der Waals surface area (Å²) >= 11 is 0. The SMILES string of the molecule is C[Si](C)(C)C[c-]1cccc1.Cc1c[c-](C)c(C)c1C.[CH3-].[CH3-].[CH3-].[CH3-].[Cl-].[Cl-].[Hf].[SiH3].[SiH3]. The Morgan fingerprint density at radius 1 is 0.821 bits per heavy atom. The van der Waals surface area contributed by atoms with Crippen LogP contribution in [0.1, 0.15) is 27.8 Å². The average Bonchev–Trinajstić information content (AvgIpc) is 2.84. The maximum absolute atomic E-state index is 2.40. The Morgan fingerprint density at radius 3 is 1.36 bits per heavy atom. The minimum atomic E-state index is -0.862. The van der Waals surface area contributed by atoms with Crippen LogP contribution in [0.4, 0.5) is 0 Å². The van der Waals surface area contributed by atoms with Crippen LogP contribution in [0.25, 0.3) is 0 Å². The first-order chi connectivity index (χ1) is 8.70. The van der Waals surface area contributed by atoms with Crippen molar-refractivity contribution in [1.29, 1.82) is 0 Å². The monoisotopic (exact) mass is 644 g/mol.